The maximum Gasteiger partial charge on any atom is 0.384 e. The van der Waals surface area contributed by atoms with Crippen molar-refractivity contribution in [3.8, 4) is 0 Å². The van der Waals surface area contributed by atoms with Gasteiger partial charge in [-0.3, -0.25) is 9.36 Å². The Kier molecular flexibility index (Phi) is 4.18. The van der Waals surface area contributed by atoms with Crippen molar-refractivity contribution < 1.29 is 23.1 Å². The van der Waals surface area contributed by atoms with E-state index in [1.165, 1.54) is 14.2 Å². The average Bonchev–Trinajstić information content (AvgIpc) is 2.04. The molecule has 0 aliphatic carbocycles. The molecule has 0 aromatic rings. The molecule has 0 aliphatic rings. The van der Waals surface area contributed by atoms with Crippen LogP contribution in [0.4, 0.5) is 0 Å². The van der Waals surface area contributed by atoms with E-state index in [4.69, 9.17) is 0 Å². The first-order chi connectivity index (χ1) is 5.08. The van der Waals surface area contributed by atoms with Crippen LogP contribution in [0.15, 0.2) is 0 Å². The fraction of sp³-hybridized carbons (Fsp3) is 0.600. The van der Waals surface area contributed by atoms with Crippen LogP contribution in [0.2, 0.25) is 0 Å². The minimum atomic E-state index is -3.34. The lowest BCUT2D eigenvalue weighted by Gasteiger charge is -2.06. The number of methoxy groups -OCH3 is 1. The Balaban J connectivity index is 4.09. The van der Waals surface area contributed by atoms with Crippen LogP contribution < -0.4 is 0 Å². The van der Waals surface area contributed by atoms with E-state index in [0.29, 0.717) is 0 Å². The van der Waals surface area contributed by atoms with Crippen LogP contribution in [-0.2, 0) is 23.1 Å². The van der Waals surface area contributed by atoms with Gasteiger partial charge in [0.25, 0.3) is 0 Å². The Morgan fingerprint density at radius 3 is 2.36 bits per heavy atom. The third-order valence-corrected chi connectivity index (χ3v) is 2.62. The molecule has 0 saturated heterocycles. The molecule has 0 rings (SSSR count). The second-order valence-electron chi connectivity index (χ2n) is 1.66. The molecule has 0 heterocycles. The Hall–Kier alpha value is -0.510. The van der Waals surface area contributed by atoms with Crippen molar-refractivity contribution in [3.63, 3.8) is 0 Å². The van der Waals surface area contributed by atoms with Crippen molar-refractivity contribution in [3.05, 3.63) is 7.11 Å². The normalized spacial score (nSPS) is 15.5. The van der Waals surface area contributed by atoms with E-state index < -0.39 is 19.7 Å². The van der Waals surface area contributed by atoms with Crippen LogP contribution in [0.25, 0.3) is 0 Å². The van der Waals surface area contributed by atoms with Crippen LogP contribution in [0.5, 0.6) is 0 Å². The van der Waals surface area contributed by atoms with E-state index >= 15 is 0 Å². The molecule has 6 heteroatoms. The summed E-state index contributed by atoms with van der Waals surface area (Å²) in [5, 5.41) is 0. The maximum absolute atomic E-state index is 11.1. The Bertz CT molecular complexity index is 170. The number of ether oxygens (including phenoxy) is 1. The van der Waals surface area contributed by atoms with E-state index in [2.05, 4.69) is 20.9 Å². The van der Waals surface area contributed by atoms with Gasteiger partial charge in [-0.15, -0.1) is 4.52 Å². The molecule has 0 N–H and O–H groups in total. The first-order valence-corrected chi connectivity index (χ1v) is 4.46. The van der Waals surface area contributed by atoms with Crippen molar-refractivity contribution >= 4 is 13.6 Å². The van der Waals surface area contributed by atoms with Crippen LogP contribution in [0, 0.1) is 7.11 Å². The van der Waals surface area contributed by atoms with Gasteiger partial charge in [0.15, 0.2) is 6.16 Å². The second kappa shape index (κ2) is 4.38. The summed E-state index contributed by atoms with van der Waals surface area (Å²) < 4.78 is 24.0. The SMILES string of the molecule is [CH2+]OP(=O)(CC(=O)OC)OC. The van der Waals surface area contributed by atoms with E-state index in [-0.39, 0.29) is 0 Å². The molecule has 64 valence electrons. The Labute approximate surface area is 65.2 Å². The summed E-state index contributed by atoms with van der Waals surface area (Å²) in [6, 6.07) is 0. The molecule has 1 unspecified atom stereocenters. The smallest absolute Gasteiger partial charge is 0.384 e. The standard InChI is InChI=1S/C5H10O5P/c1-8-5(6)4-11(7,9-2)10-3/h2,4H2,1,3H3/q+1. The van der Waals surface area contributed by atoms with Gasteiger partial charge in [0.05, 0.1) is 7.11 Å². The number of esters is 1. The molecule has 0 saturated carbocycles. The largest absolute Gasteiger partial charge is 0.469 e. The first kappa shape index (κ1) is 10.5. The number of carbonyl (C=O) groups is 1. The summed E-state index contributed by atoms with van der Waals surface area (Å²) in [4.78, 5) is 10.6. The molecule has 1 atom stereocenters. The van der Waals surface area contributed by atoms with Crippen molar-refractivity contribution in [1.29, 1.82) is 0 Å². The summed E-state index contributed by atoms with van der Waals surface area (Å²) in [6.07, 6.45) is -0.413. The molecule has 5 nitrogen and oxygen atoms in total. The Morgan fingerprint density at radius 1 is 1.55 bits per heavy atom. The summed E-state index contributed by atoms with van der Waals surface area (Å²) in [6.45, 7) is 0. The van der Waals surface area contributed by atoms with E-state index in [1.54, 1.807) is 0 Å². The molecule has 0 bridgehead atoms. The third kappa shape index (κ3) is 3.41. The summed E-state index contributed by atoms with van der Waals surface area (Å²) in [5.41, 5.74) is 0. The highest BCUT2D eigenvalue weighted by atomic mass is 31.2. The lowest BCUT2D eigenvalue weighted by molar-refractivity contribution is -0.137. The number of hydrogen-bond donors (Lipinski definition) is 0. The zero-order valence-electron chi connectivity index (χ0n) is 6.40. The summed E-state index contributed by atoms with van der Waals surface area (Å²) in [7, 11) is 1.94. The van der Waals surface area contributed by atoms with E-state index in [1.807, 2.05) is 0 Å². The highest BCUT2D eigenvalue weighted by molar-refractivity contribution is 7.54. The van der Waals surface area contributed by atoms with Gasteiger partial charge in [-0.05, 0) is 0 Å². The molecular formula is C5H10O5P+. The maximum atomic E-state index is 11.1. The van der Waals surface area contributed by atoms with E-state index in [0.717, 1.165) is 0 Å². The minimum Gasteiger partial charge on any atom is -0.469 e. The van der Waals surface area contributed by atoms with Crippen LogP contribution >= 0.6 is 7.60 Å². The average molecular weight is 181 g/mol. The quantitative estimate of drug-likeness (QED) is 0.364. The van der Waals surface area contributed by atoms with Gasteiger partial charge in [0.2, 0.25) is 7.11 Å². The van der Waals surface area contributed by atoms with Crippen LogP contribution in [0.1, 0.15) is 0 Å². The molecule has 0 spiro atoms. The predicted octanol–water partition coefficient (Wildman–Crippen LogP) is 0.807. The van der Waals surface area contributed by atoms with Crippen molar-refractivity contribution in [1.82, 2.24) is 0 Å². The second-order valence-corrected chi connectivity index (χ2v) is 3.82. The van der Waals surface area contributed by atoms with Crippen LogP contribution in [0.3, 0.4) is 0 Å². The molecule has 0 radical (unpaired) electrons. The number of hydrogen-bond acceptors (Lipinski definition) is 5. The molecule has 11 heavy (non-hydrogen) atoms. The van der Waals surface area contributed by atoms with Gasteiger partial charge in [-0.1, -0.05) is 0 Å². The van der Waals surface area contributed by atoms with Gasteiger partial charge in [-0.25, -0.2) is 0 Å². The Morgan fingerprint density at radius 2 is 2.09 bits per heavy atom. The fourth-order valence-corrected chi connectivity index (χ4v) is 1.16. The molecule has 0 aromatic carbocycles. The molecule has 0 fully saturated rings. The summed E-state index contributed by atoms with van der Waals surface area (Å²) in [5.74, 6) is -0.654. The molecule has 0 amide bonds. The topological polar surface area (TPSA) is 61.8 Å². The highest BCUT2D eigenvalue weighted by Crippen LogP contribution is 2.46. The molecular weight excluding hydrogens is 171 g/mol. The molecule has 0 aromatic heterocycles. The van der Waals surface area contributed by atoms with Gasteiger partial charge in [0, 0.05) is 7.11 Å². The zero-order chi connectivity index (χ0) is 8.91. The predicted molar refractivity (Wildman–Crippen MR) is 37.9 cm³/mol. The van der Waals surface area contributed by atoms with Gasteiger partial charge >= 0.3 is 13.6 Å². The monoisotopic (exact) mass is 181 g/mol. The zero-order valence-corrected chi connectivity index (χ0v) is 7.30. The number of carbonyl (C=O) groups excluding carboxylic acids is 1. The van der Waals surface area contributed by atoms with Crippen LogP contribution in [-0.4, -0.2) is 26.4 Å². The third-order valence-electron chi connectivity index (χ3n) is 1.03. The lowest BCUT2D eigenvalue weighted by atomic mass is 10.8. The van der Waals surface area contributed by atoms with Crippen molar-refractivity contribution in [2.45, 2.75) is 0 Å². The number of rotatable bonds is 4. The van der Waals surface area contributed by atoms with Crippen molar-refractivity contribution in [2.75, 3.05) is 20.4 Å². The van der Waals surface area contributed by atoms with Gasteiger partial charge < -0.3 is 9.26 Å². The lowest BCUT2D eigenvalue weighted by Crippen LogP contribution is -2.08. The highest BCUT2D eigenvalue weighted by Gasteiger charge is 2.29. The fourth-order valence-electron chi connectivity index (χ4n) is 0.386. The summed E-state index contributed by atoms with van der Waals surface area (Å²) >= 11 is 0. The minimum absolute atomic E-state index is 0.413. The van der Waals surface area contributed by atoms with Crippen molar-refractivity contribution in [2.24, 2.45) is 0 Å². The van der Waals surface area contributed by atoms with Gasteiger partial charge in [0.1, 0.15) is 0 Å². The molecule has 0 aliphatic heterocycles. The van der Waals surface area contributed by atoms with Gasteiger partial charge in [-0.2, -0.15) is 0 Å². The first-order valence-electron chi connectivity index (χ1n) is 2.73. The van der Waals surface area contributed by atoms with E-state index in [9.17, 15) is 9.36 Å².